The van der Waals surface area contributed by atoms with Crippen LogP contribution in [0.25, 0.3) is 0 Å². The summed E-state index contributed by atoms with van der Waals surface area (Å²) in [5, 5.41) is 0. The Labute approximate surface area is 112 Å². The lowest BCUT2D eigenvalue weighted by molar-refractivity contribution is 0.592. The molecule has 0 spiro atoms. The van der Waals surface area contributed by atoms with Gasteiger partial charge in [-0.3, -0.25) is 4.98 Å². The zero-order chi connectivity index (χ0) is 13.8. The van der Waals surface area contributed by atoms with E-state index in [0.717, 1.165) is 11.4 Å². The van der Waals surface area contributed by atoms with E-state index >= 15 is 0 Å². The number of hydrogen-bond acceptors (Lipinski definition) is 3. The largest absolute Gasteiger partial charge is 0.368 e. The van der Waals surface area contributed by atoms with Gasteiger partial charge in [-0.2, -0.15) is 0 Å². The maximum Gasteiger partial charge on any atom is 0.130 e. The zero-order valence-electron chi connectivity index (χ0n) is 11.2. The van der Waals surface area contributed by atoms with Crippen molar-refractivity contribution in [1.82, 2.24) is 4.98 Å². The monoisotopic (exact) mass is 259 g/mol. The van der Waals surface area contributed by atoms with Gasteiger partial charge in [-0.1, -0.05) is 12.1 Å². The Hall–Kier alpha value is -1.94. The number of benzene rings is 1. The average molecular weight is 259 g/mol. The van der Waals surface area contributed by atoms with Crippen molar-refractivity contribution in [3.63, 3.8) is 0 Å². The quantitative estimate of drug-likeness (QED) is 0.918. The van der Waals surface area contributed by atoms with E-state index in [4.69, 9.17) is 5.73 Å². The van der Waals surface area contributed by atoms with Crippen LogP contribution in [0.15, 0.2) is 42.6 Å². The Kier molecular flexibility index (Phi) is 4.12. The first-order valence-corrected chi connectivity index (χ1v) is 6.24. The molecule has 1 heterocycles. The van der Waals surface area contributed by atoms with Gasteiger partial charge in [0.25, 0.3) is 0 Å². The molecule has 0 amide bonds. The summed E-state index contributed by atoms with van der Waals surface area (Å²) in [6.45, 7) is 2.40. The molecule has 0 bridgehead atoms. The first-order chi connectivity index (χ1) is 9.09. The minimum absolute atomic E-state index is 0.264. The lowest BCUT2D eigenvalue weighted by Crippen LogP contribution is -2.21. The lowest BCUT2D eigenvalue weighted by atomic mass is 10.1. The Balaban J connectivity index is 2.29. The van der Waals surface area contributed by atoms with E-state index in [1.54, 1.807) is 19.2 Å². The highest BCUT2D eigenvalue weighted by molar-refractivity contribution is 5.55. The van der Waals surface area contributed by atoms with E-state index in [1.165, 1.54) is 6.07 Å². The van der Waals surface area contributed by atoms with E-state index in [0.29, 0.717) is 12.1 Å². The number of pyridine rings is 1. The molecule has 0 aliphatic heterocycles. The molecule has 0 saturated heterocycles. The molecule has 0 aliphatic rings. The van der Waals surface area contributed by atoms with E-state index in [-0.39, 0.29) is 11.9 Å². The minimum Gasteiger partial charge on any atom is -0.368 e. The second-order valence-electron chi connectivity index (χ2n) is 4.64. The van der Waals surface area contributed by atoms with Crippen molar-refractivity contribution in [3.8, 4) is 0 Å². The summed E-state index contributed by atoms with van der Waals surface area (Å²) in [6, 6.07) is 10.4. The van der Waals surface area contributed by atoms with Crippen molar-refractivity contribution in [2.24, 2.45) is 5.73 Å². The van der Waals surface area contributed by atoms with Gasteiger partial charge >= 0.3 is 0 Å². The Morgan fingerprint density at radius 1 is 1.26 bits per heavy atom. The SMILES string of the molecule is CC(N)c1c(F)cccc1N(C)Cc1ccccn1. The summed E-state index contributed by atoms with van der Waals surface area (Å²) in [5.74, 6) is -0.264. The standard InChI is InChI=1S/C15H18FN3/c1-11(17)15-13(16)7-5-8-14(15)19(2)10-12-6-3-4-9-18-12/h3-9,11H,10,17H2,1-2H3. The summed E-state index contributed by atoms with van der Waals surface area (Å²) in [4.78, 5) is 6.24. The Bertz CT molecular complexity index is 540. The van der Waals surface area contributed by atoms with Crippen molar-refractivity contribution in [3.05, 3.63) is 59.7 Å². The van der Waals surface area contributed by atoms with Crippen molar-refractivity contribution in [1.29, 1.82) is 0 Å². The van der Waals surface area contributed by atoms with E-state index in [9.17, 15) is 4.39 Å². The molecular weight excluding hydrogens is 241 g/mol. The fourth-order valence-electron chi connectivity index (χ4n) is 2.13. The fraction of sp³-hybridized carbons (Fsp3) is 0.267. The molecule has 4 heteroatoms. The first-order valence-electron chi connectivity index (χ1n) is 6.24. The van der Waals surface area contributed by atoms with Crippen LogP contribution in [0.2, 0.25) is 0 Å². The van der Waals surface area contributed by atoms with Gasteiger partial charge in [0.1, 0.15) is 5.82 Å². The normalized spacial score (nSPS) is 12.2. The van der Waals surface area contributed by atoms with Gasteiger partial charge in [0.15, 0.2) is 0 Å². The third-order valence-electron chi connectivity index (χ3n) is 3.02. The van der Waals surface area contributed by atoms with Gasteiger partial charge in [0.2, 0.25) is 0 Å². The molecule has 0 radical (unpaired) electrons. The molecule has 3 nitrogen and oxygen atoms in total. The summed E-state index contributed by atoms with van der Waals surface area (Å²) in [7, 11) is 1.91. The van der Waals surface area contributed by atoms with Crippen LogP contribution >= 0.6 is 0 Å². The third kappa shape index (κ3) is 3.09. The highest BCUT2D eigenvalue weighted by atomic mass is 19.1. The minimum atomic E-state index is -0.345. The molecule has 1 aromatic heterocycles. The summed E-state index contributed by atoms with van der Waals surface area (Å²) in [6.07, 6.45) is 1.75. The summed E-state index contributed by atoms with van der Waals surface area (Å²) < 4.78 is 13.9. The predicted octanol–water partition coefficient (Wildman–Crippen LogP) is 2.88. The van der Waals surface area contributed by atoms with Crippen molar-refractivity contribution < 1.29 is 4.39 Å². The van der Waals surface area contributed by atoms with Crippen LogP contribution in [0.4, 0.5) is 10.1 Å². The smallest absolute Gasteiger partial charge is 0.130 e. The summed E-state index contributed by atoms with van der Waals surface area (Å²) in [5.41, 5.74) is 8.15. The summed E-state index contributed by atoms with van der Waals surface area (Å²) >= 11 is 0. The van der Waals surface area contributed by atoms with Gasteiger partial charge in [-0.05, 0) is 31.2 Å². The van der Waals surface area contributed by atoms with Gasteiger partial charge in [0, 0.05) is 30.5 Å². The maximum absolute atomic E-state index is 13.9. The average Bonchev–Trinajstić information content (AvgIpc) is 2.39. The topological polar surface area (TPSA) is 42.1 Å². The second-order valence-corrected chi connectivity index (χ2v) is 4.64. The molecule has 1 atom stereocenters. The van der Waals surface area contributed by atoms with Crippen LogP contribution in [0.3, 0.4) is 0 Å². The van der Waals surface area contributed by atoms with E-state index in [1.807, 2.05) is 36.2 Å². The molecule has 2 aromatic rings. The van der Waals surface area contributed by atoms with Crippen LogP contribution in [0.1, 0.15) is 24.2 Å². The molecular formula is C15H18FN3. The molecule has 1 unspecified atom stereocenters. The first kappa shape index (κ1) is 13.5. The molecule has 19 heavy (non-hydrogen) atoms. The van der Waals surface area contributed by atoms with Crippen LogP contribution in [0.5, 0.6) is 0 Å². The number of nitrogens with two attached hydrogens (primary N) is 1. The van der Waals surface area contributed by atoms with Crippen molar-refractivity contribution in [2.45, 2.75) is 19.5 Å². The highest BCUT2D eigenvalue weighted by Gasteiger charge is 2.15. The number of halogens is 1. The predicted molar refractivity (Wildman–Crippen MR) is 75.3 cm³/mol. The number of hydrogen-bond donors (Lipinski definition) is 1. The van der Waals surface area contributed by atoms with Gasteiger partial charge in [0.05, 0.1) is 12.2 Å². The molecule has 2 N–H and O–H groups in total. The second kappa shape index (κ2) is 5.80. The molecule has 1 aromatic carbocycles. The molecule has 0 aliphatic carbocycles. The highest BCUT2D eigenvalue weighted by Crippen LogP contribution is 2.27. The van der Waals surface area contributed by atoms with Gasteiger partial charge in [-0.25, -0.2) is 4.39 Å². The Morgan fingerprint density at radius 2 is 2.05 bits per heavy atom. The van der Waals surface area contributed by atoms with Crippen LogP contribution in [0, 0.1) is 5.82 Å². The van der Waals surface area contributed by atoms with Crippen LogP contribution in [-0.2, 0) is 6.54 Å². The Morgan fingerprint density at radius 3 is 2.68 bits per heavy atom. The maximum atomic E-state index is 13.9. The third-order valence-corrected chi connectivity index (χ3v) is 3.02. The molecule has 2 rings (SSSR count). The van der Waals surface area contributed by atoms with Crippen LogP contribution < -0.4 is 10.6 Å². The van der Waals surface area contributed by atoms with Crippen molar-refractivity contribution in [2.75, 3.05) is 11.9 Å². The van der Waals surface area contributed by atoms with E-state index < -0.39 is 0 Å². The molecule has 0 fully saturated rings. The van der Waals surface area contributed by atoms with Gasteiger partial charge in [-0.15, -0.1) is 0 Å². The van der Waals surface area contributed by atoms with E-state index in [2.05, 4.69) is 4.98 Å². The van der Waals surface area contributed by atoms with Crippen LogP contribution in [-0.4, -0.2) is 12.0 Å². The zero-order valence-corrected chi connectivity index (χ0v) is 11.2. The number of nitrogens with zero attached hydrogens (tertiary/aromatic N) is 2. The molecule has 0 saturated carbocycles. The number of anilines is 1. The number of rotatable bonds is 4. The molecule has 100 valence electrons. The lowest BCUT2D eigenvalue weighted by Gasteiger charge is -2.24. The number of aromatic nitrogens is 1. The fourth-order valence-corrected chi connectivity index (χ4v) is 2.13. The van der Waals surface area contributed by atoms with Crippen molar-refractivity contribution >= 4 is 5.69 Å². The van der Waals surface area contributed by atoms with Gasteiger partial charge < -0.3 is 10.6 Å².